The van der Waals surface area contributed by atoms with Crippen LogP contribution in [0.2, 0.25) is 0 Å². The lowest BCUT2D eigenvalue weighted by molar-refractivity contribution is -0.264. The number of carbonyl (C=O) groups is 1. The van der Waals surface area contributed by atoms with Crippen molar-refractivity contribution in [2.24, 2.45) is 0 Å². The van der Waals surface area contributed by atoms with Gasteiger partial charge in [-0.2, -0.15) is 0 Å². The SMILES string of the molecule is CCc1ccc(CCOc2ccc(C3COC(C)(C(=O)OC)OC3)cc2)nc1. The summed E-state index contributed by atoms with van der Waals surface area (Å²) in [6, 6.07) is 12.0. The third-order valence-corrected chi connectivity index (χ3v) is 4.95. The van der Waals surface area contributed by atoms with Crippen LogP contribution in [0.15, 0.2) is 42.6 Å². The van der Waals surface area contributed by atoms with E-state index in [0.29, 0.717) is 19.8 Å². The molecule has 2 aromatic rings. The third-order valence-electron chi connectivity index (χ3n) is 4.95. The molecule has 0 amide bonds. The van der Waals surface area contributed by atoms with Gasteiger partial charge in [-0.25, -0.2) is 4.79 Å². The van der Waals surface area contributed by atoms with Gasteiger partial charge in [0.15, 0.2) is 0 Å². The number of aromatic nitrogens is 1. The third kappa shape index (κ3) is 4.88. The first kappa shape index (κ1) is 20.3. The highest BCUT2D eigenvalue weighted by molar-refractivity contribution is 5.77. The molecule has 1 aromatic heterocycles. The van der Waals surface area contributed by atoms with Crippen LogP contribution in [0, 0.1) is 0 Å². The van der Waals surface area contributed by atoms with Gasteiger partial charge < -0.3 is 18.9 Å². The predicted molar refractivity (Wildman–Crippen MR) is 104 cm³/mol. The van der Waals surface area contributed by atoms with Gasteiger partial charge >= 0.3 is 5.97 Å². The van der Waals surface area contributed by atoms with E-state index in [9.17, 15) is 4.79 Å². The first-order valence-corrected chi connectivity index (χ1v) is 9.57. The first-order chi connectivity index (χ1) is 13.5. The Labute approximate surface area is 165 Å². The highest BCUT2D eigenvalue weighted by Gasteiger charge is 2.41. The first-order valence-electron chi connectivity index (χ1n) is 9.57. The number of hydrogen-bond acceptors (Lipinski definition) is 6. The monoisotopic (exact) mass is 385 g/mol. The maximum absolute atomic E-state index is 11.7. The lowest BCUT2D eigenvalue weighted by Gasteiger charge is -2.35. The number of pyridine rings is 1. The fourth-order valence-electron chi connectivity index (χ4n) is 3.03. The quantitative estimate of drug-likeness (QED) is 0.682. The van der Waals surface area contributed by atoms with Crippen LogP contribution in [0.25, 0.3) is 0 Å². The Morgan fingerprint density at radius 3 is 2.46 bits per heavy atom. The molecular weight excluding hydrogens is 358 g/mol. The van der Waals surface area contributed by atoms with Gasteiger partial charge in [0.2, 0.25) is 0 Å². The summed E-state index contributed by atoms with van der Waals surface area (Å²) in [4.78, 5) is 16.2. The average molecular weight is 385 g/mol. The molecule has 0 bridgehead atoms. The van der Waals surface area contributed by atoms with Crippen molar-refractivity contribution in [3.63, 3.8) is 0 Å². The van der Waals surface area contributed by atoms with Crippen LogP contribution in [0.4, 0.5) is 0 Å². The van der Waals surface area contributed by atoms with Gasteiger partial charge in [-0.05, 0) is 35.7 Å². The highest BCUT2D eigenvalue weighted by atomic mass is 16.7. The van der Waals surface area contributed by atoms with Crippen molar-refractivity contribution in [1.82, 2.24) is 4.98 Å². The molecule has 6 heteroatoms. The van der Waals surface area contributed by atoms with Crippen molar-refractivity contribution >= 4 is 5.97 Å². The minimum atomic E-state index is -1.32. The molecule has 28 heavy (non-hydrogen) atoms. The van der Waals surface area contributed by atoms with Crippen LogP contribution in [0.5, 0.6) is 5.75 Å². The van der Waals surface area contributed by atoms with Crippen molar-refractivity contribution in [1.29, 1.82) is 0 Å². The molecule has 0 N–H and O–H groups in total. The van der Waals surface area contributed by atoms with Crippen LogP contribution < -0.4 is 4.74 Å². The molecule has 0 aliphatic carbocycles. The number of aryl methyl sites for hydroxylation is 1. The maximum atomic E-state index is 11.7. The number of hydrogen-bond donors (Lipinski definition) is 0. The summed E-state index contributed by atoms with van der Waals surface area (Å²) >= 11 is 0. The largest absolute Gasteiger partial charge is 0.493 e. The zero-order chi connectivity index (χ0) is 20.0. The Bertz CT molecular complexity index is 765. The second-order valence-corrected chi connectivity index (χ2v) is 6.94. The fraction of sp³-hybridized carbons (Fsp3) is 0.455. The molecule has 6 nitrogen and oxygen atoms in total. The Balaban J connectivity index is 1.48. The van der Waals surface area contributed by atoms with Gasteiger partial charge in [0, 0.05) is 31.2 Å². The molecule has 1 aliphatic heterocycles. The topological polar surface area (TPSA) is 66.9 Å². The summed E-state index contributed by atoms with van der Waals surface area (Å²) in [7, 11) is 1.32. The summed E-state index contributed by atoms with van der Waals surface area (Å²) < 4.78 is 21.8. The molecule has 1 aliphatic rings. The molecule has 0 unspecified atom stereocenters. The number of methoxy groups -OCH3 is 1. The van der Waals surface area contributed by atoms with Crippen LogP contribution in [0.3, 0.4) is 0 Å². The van der Waals surface area contributed by atoms with Crippen LogP contribution in [0.1, 0.15) is 36.6 Å². The van der Waals surface area contributed by atoms with E-state index in [0.717, 1.165) is 29.8 Å². The Hall–Kier alpha value is -2.44. The smallest absolute Gasteiger partial charge is 0.366 e. The van der Waals surface area contributed by atoms with Gasteiger partial charge in [-0.3, -0.25) is 4.98 Å². The lowest BCUT2D eigenvalue weighted by Crippen LogP contribution is -2.47. The average Bonchev–Trinajstić information content (AvgIpc) is 2.75. The highest BCUT2D eigenvalue weighted by Crippen LogP contribution is 2.29. The second kappa shape index (κ2) is 9.17. The summed E-state index contributed by atoms with van der Waals surface area (Å²) in [6.07, 6.45) is 3.68. The molecule has 3 rings (SSSR count). The van der Waals surface area contributed by atoms with E-state index in [1.54, 1.807) is 6.92 Å². The van der Waals surface area contributed by atoms with E-state index in [1.807, 2.05) is 30.5 Å². The zero-order valence-electron chi connectivity index (χ0n) is 16.6. The molecule has 1 fully saturated rings. The molecule has 150 valence electrons. The van der Waals surface area contributed by atoms with Crippen molar-refractivity contribution < 1.29 is 23.7 Å². The molecule has 0 radical (unpaired) electrons. The van der Waals surface area contributed by atoms with Gasteiger partial charge in [0.05, 0.1) is 26.9 Å². The molecule has 1 saturated heterocycles. The number of carbonyl (C=O) groups excluding carboxylic acids is 1. The summed E-state index contributed by atoms with van der Waals surface area (Å²) in [5, 5.41) is 0. The van der Waals surface area contributed by atoms with Crippen molar-refractivity contribution in [3.8, 4) is 5.75 Å². The molecular formula is C22H27NO5. The van der Waals surface area contributed by atoms with Crippen molar-refractivity contribution in [3.05, 3.63) is 59.4 Å². The number of esters is 1. The summed E-state index contributed by atoms with van der Waals surface area (Å²) in [5.74, 6) is -0.968. The number of ether oxygens (including phenoxy) is 4. The van der Waals surface area contributed by atoms with Gasteiger partial charge in [0.25, 0.3) is 5.79 Å². The Morgan fingerprint density at radius 2 is 1.89 bits per heavy atom. The van der Waals surface area contributed by atoms with Crippen LogP contribution in [-0.4, -0.2) is 43.7 Å². The standard InChI is InChI=1S/C22H27NO5/c1-4-16-5-8-19(23-13-16)11-12-26-20-9-6-17(7-10-20)18-14-27-22(2,28-15-18)21(24)25-3/h5-10,13,18H,4,11-12,14-15H2,1-3H3. The molecule has 2 heterocycles. The maximum Gasteiger partial charge on any atom is 0.366 e. The van der Waals surface area contributed by atoms with Gasteiger partial charge in [-0.15, -0.1) is 0 Å². The molecule has 1 aromatic carbocycles. The Kier molecular flexibility index (Phi) is 6.65. The van der Waals surface area contributed by atoms with E-state index in [-0.39, 0.29) is 5.92 Å². The van der Waals surface area contributed by atoms with Crippen LogP contribution >= 0.6 is 0 Å². The fourth-order valence-corrected chi connectivity index (χ4v) is 3.03. The number of rotatable bonds is 7. The van der Waals surface area contributed by atoms with Crippen molar-refractivity contribution in [2.45, 2.75) is 38.4 Å². The number of benzene rings is 1. The lowest BCUT2D eigenvalue weighted by atomic mass is 9.99. The van der Waals surface area contributed by atoms with Gasteiger partial charge in [-0.1, -0.05) is 25.1 Å². The van der Waals surface area contributed by atoms with Gasteiger partial charge in [0.1, 0.15) is 5.75 Å². The van der Waals surface area contributed by atoms with E-state index < -0.39 is 11.8 Å². The predicted octanol–water partition coefficient (Wildman–Crippen LogP) is 3.29. The number of nitrogens with zero attached hydrogens (tertiary/aromatic N) is 1. The van der Waals surface area contributed by atoms with E-state index in [2.05, 4.69) is 24.0 Å². The van der Waals surface area contributed by atoms with Crippen molar-refractivity contribution in [2.75, 3.05) is 26.9 Å². The van der Waals surface area contributed by atoms with E-state index in [1.165, 1.54) is 12.7 Å². The van der Waals surface area contributed by atoms with E-state index >= 15 is 0 Å². The Morgan fingerprint density at radius 1 is 1.18 bits per heavy atom. The zero-order valence-corrected chi connectivity index (χ0v) is 16.6. The minimum Gasteiger partial charge on any atom is -0.493 e. The van der Waals surface area contributed by atoms with E-state index in [4.69, 9.17) is 18.9 Å². The molecule has 0 spiro atoms. The van der Waals surface area contributed by atoms with Crippen LogP contribution in [-0.2, 0) is 31.8 Å². The summed E-state index contributed by atoms with van der Waals surface area (Å²) in [5.41, 5.74) is 3.35. The second-order valence-electron chi connectivity index (χ2n) is 6.94. The molecule has 0 saturated carbocycles. The summed E-state index contributed by atoms with van der Waals surface area (Å²) in [6.45, 7) is 5.06. The normalized spacial score (nSPS) is 21.9. The minimum absolute atomic E-state index is 0.0630. The molecule has 0 atom stereocenters.